The molecular formula is C74H61F4IN6O10. The molecule has 0 aliphatic rings. The standard InChI is InChI=1S/C25H21FN2O4.C24H18FIN2O3.C16H13FN2O2.C9H9FO/c1-14-4-5-17(21(26)8-14)12-28-13-27-24(29)20-11-19(6-7-22(20)28)32-23-15(2)9-18(25(30)31)10-16(23)3;1-14-7-16(12-29)8-15(2)23(14)31-19-5-6-22-20(10-19)24(30)27-13-28(22)11-17-3-4-18(26)9-21(17)25;1-10-2-3-11(14(17)6-10)8-19-9-18-16(21)13-7-12(20)4-5-15(13)19;1-6-3-8(5-11)4-7(2)9(6)10/h4-11,13H,12H2,1-3H3,(H,30,31);3-10,12-13H,11H2,1-2H3;2-7,9,20H,8H2,1H3;3-5H,1-2H3. The second-order valence-corrected chi connectivity index (χ2v) is 23.9. The number of aryl methyl sites for hydroxylation is 8. The van der Waals surface area contributed by atoms with Crippen LogP contribution in [-0.2, 0) is 19.6 Å². The van der Waals surface area contributed by atoms with Crippen LogP contribution in [0.2, 0.25) is 0 Å². The maximum absolute atomic E-state index is 14.3. The summed E-state index contributed by atoms with van der Waals surface area (Å²) in [5.74, 6) is -0.0759. The monoisotopic (exact) mass is 1400 g/mol. The highest BCUT2D eigenvalue weighted by Crippen LogP contribution is 2.33. The highest BCUT2D eigenvalue weighted by molar-refractivity contribution is 14.1. The maximum Gasteiger partial charge on any atom is 0.335 e. The van der Waals surface area contributed by atoms with Gasteiger partial charge in [0.05, 0.1) is 76.9 Å². The summed E-state index contributed by atoms with van der Waals surface area (Å²) < 4.78 is 73.5. The first kappa shape index (κ1) is 68.4. The summed E-state index contributed by atoms with van der Waals surface area (Å²) in [5, 5.41) is 19.7. The maximum atomic E-state index is 14.3. The highest BCUT2D eigenvalue weighted by atomic mass is 127. The van der Waals surface area contributed by atoms with Gasteiger partial charge in [-0.25, -0.2) is 22.4 Å². The Bertz CT molecular complexity index is 5120. The summed E-state index contributed by atoms with van der Waals surface area (Å²) in [4.78, 5) is 80.8. The van der Waals surface area contributed by atoms with Crippen molar-refractivity contribution in [3.05, 3.63) is 300 Å². The van der Waals surface area contributed by atoms with E-state index in [0.29, 0.717) is 106 Å². The van der Waals surface area contributed by atoms with Crippen LogP contribution in [0.1, 0.15) is 92.3 Å². The van der Waals surface area contributed by atoms with Crippen LogP contribution >= 0.6 is 22.6 Å². The van der Waals surface area contributed by atoms with Gasteiger partial charge in [-0.05, 0) is 238 Å². The minimum absolute atomic E-state index is 0.000617. The van der Waals surface area contributed by atoms with Crippen molar-refractivity contribution < 1.29 is 51.6 Å². The number of carbonyl (C=O) groups is 3. The zero-order chi connectivity index (χ0) is 68.5. The van der Waals surface area contributed by atoms with E-state index in [-0.39, 0.29) is 59.8 Å². The number of halogens is 5. The van der Waals surface area contributed by atoms with Crippen molar-refractivity contribution in [1.29, 1.82) is 0 Å². The third kappa shape index (κ3) is 16.5. The predicted molar refractivity (Wildman–Crippen MR) is 364 cm³/mol. The number of phenolic OH excluding ortho intramolecular Hbond substituents is 1. The van der Waals surface area contributed by atoms with Crippen LogP contribution in [-0.4, -0.2) is 57.4 Å². The van der Waals surface area contributed by atoms with Crippen LogP contribution in [0.5, 0.6) is 28.7 Å². The zero-order valence-corrected chi connectivity index (χ0v) is 54.8. The topological polar surface area (TPSA) is 215 Å². The number of aromatic hydroxyl groups is 1. The molecular weight excluding hydrogens is 1340 g/mol. The summed E-state index contributed by atoms with van der Waals surface area (Å²) in [6, 6.07) is 39.4. The fraction of sp³-hybridized carbons (Fsp3) is 0.149. The lowest BCUT2D eigenvalue weighted by molar-refractivity contribution is 0.0696. The quantitative estimate of drug-likeness (QED) is 0.0625. The average molecular weight is 1400 g/mol. The number of nitrogens with zero attached hydrogens (tertiary/aromatic N) is 6. The van der Waals surface area contributed by atoms with Crippen molar-refractivity contribution in [2.45, 2.75) is 75.0 Å². The van der Waals surface area contributed by atoms with Gasteiger partial charge in [-0.2, -0.15) is 15.0 Å². The number of carboxylic acid groups (broad SMARTS) is 1. The molecule has 0 aliphatic heterocycles. The van der Waals surface area contributed by atoms with Crippen molar-refractivity contribution in [3.8, 4) is 28.7 Å². The number of aldehydes is 2. The van der Waals surface area contributed by atoms with Gasteiger partial charge in [-0.3, -0.25) is 24.0 Å². The molecule has 3 heterocycles. The first-order valence-corrected chi connectivity index (χ1v) is 30.4. The molecule has 3 aromatic heterocycles. The van der Waals surface area contributed by atoms with E-state index >= 15 is 0 Å². The van der Waals surface area contributed by atoms with Gasteiger partial charge in [0.25, 0.3) is 16.7 Å². The summed E-state index contributed by atoms with van der Waals surface area (Å²) >= 11 is 2.06. The van der Waals surface area contributed by atoms with Gasteiger partial charge in [-0.15, -0.1) is 0 Å². The molecule has 0 aliphatic carbocycles. The third-order valence-electron chi connectivity index (χ3n) is 15.3. The van der Waals surface area contributed by atoms with Gasteiger partial charge in [-0.1, -0.05) is 30.3 Å². The molecule has 12 rings (SSSR count). The van der Waals surface area contributed by atoms with Crippen molar-refractivity contribution in [3.63, 3.8) is 0 Å². The molecule has 0 fully saturated rings. The Hall–Kier alpha value is -10.9. The molecule has 482 valence electrons. The van der Waals surface area contributed by atoms with E-state index in [1.54, 1.807) is 114 Å². The smallest absolute Gasteiger partial charge is 0.335 e. The van der Waals surface area contributed by atoms with Crippen molar-refractivity contribution >= 4 is 73.8 Å². The van der Waals surface area contributed by atoms with Gasteiger partial charge >= 0.3 is 5.97 Å². The Morgan fingerprint density at radius 3 is 1.20 bits per heavy atom. The number of carboxylic acids is 1. The lowest BCUT2D eigenvalue weighted by Crippen LogP contribution is -2.13. The molecule has 0 saturated carbocycles. The van der Waals surface area contributed by atoms with Gasteiger partial charge in [0, 0.05) is 31.4 Å². The van der Waals surface area contributed by atoms with E-state index in [1.807, 2.05) is 45.9 Å². The van der Waals surface area contributed by atoms with Crippen LogP contribution in [0.25, 0.3) is 32.7 Å². The summed E-state index contributed by atoms with van der Waals surface area (Å²) in [6.07, 6.45) is 5.74. The number of benzene rings is 9. The van der Waals surface area contributed by atoms with E-state index in [1.165, 1.54) is 73.6 Å². The van der Waals surface area contributed by atoms with Crippen molar-refractivity contribution in [2.24, 2.45) is 0 Å². The minimum atomic E-state index is -1.01. The average Bonchev–Trinajstić information content (AvgIpc) is 0.832. The molecule has 12 aromatic rings. The van der Waals surface area contributed by atoms with Crippen LogP contribution < -0.4 is 26.2 Å². The molecule has 0 saturated heterocycles. The summed E-state index contributed by atoms with van der Waals surface area (Å²) in [6.45, 7) is 14.9. The first-order valence-electron chi connectivity index (χ1n) is 29.4. The molecule has 0 bridgehead atoms. The SMILES string of the molecule is Cc1cc(C=O)cc(C)c1F.Cc1cc(C=O)cc(C)c1Oc1ccc2c(c1)c(=O)ncn2Cc1ccc(I)cc1F.Cc1ccc(Cn2cnc(=O)c3cc(O)ccc32)c(F)c1.Cc1ccc(Cn2cnc(=O)c3cc(Oc4c(C)cc(C(=O)O)cc4C)ccc32)c(F)c1. The zero-order valence-electron chi connectivity index (χ0n) is 52.6. The minimum Gasteiger partial charge on any atom is -0.508 e. The molecule has 2 N–H and O–H groups in total. The molecule has 0 amide bonds. The Kier molecular flexibility index (Phi) is 21.4. The molecule has 0 unspecified atom stereocenters. The summed E-state index contributed by atoms with van der Waals surface area (Å²) in [5.41, 5.74) is 9.13. The highest BCUT2D eigenvalue weighted by Gasteiger charge is 2.17. The Morgan fingerprint density at radius 2 is 0.821 bits per heavy atom. The molecule has 95 heavy (non-hydrogen) atoms. The van der Waals surface area contributed by atoms with E-state index in [9.17, 15) is 56.5 Å². The lowest BCUT2D eigenvalue weighted by atomic mass is 10.1. The van der Waals surface area contributed by atoms with Crippen molar-refractivity contribution in [2.75, 3.05) is 0 Å². The largest absolute Gasteiger partial charge is 0.508 e. The molecule has 0 spiro atoms. The molecule has 16 nitrogen and oxygen atoms in total. The lowest BCUT2D eigenvalue weighted by Gasteiger charge is -2.15. The second-order valence-electron chi connectivity index (χ2n) is 22.7. The van der Waals surface area contributed by atoms with E-state index in [4.69, 9.17) is 9.47 Å². The number of aromatic carboxylic acids is 1. The van der Waals surface area contributed by atoms with Crippen LogP contribution in [0.3, 0.4) is 0 Å². The normalized spacial score (nSPS) is 10.8. The second kappa shape index (κ2) is 29.8. The number of hydrogen-bond acceptors (Lipinski definition) is 12. The fourth-order valence-corrected chi connectivity index (χ4v) is 11.0. The van der Waals surface area contributed by atoms with Gasteiger partial charge in [0.2, 0.25) is 0 Å². The van der Waals surface area contributed by atoms with Crippen LogP contribution in [0, 0.1) is 82.2 Å². The fourth-order valence-electron chi connectivity index (χ4n) is 10.6. The molecule has 21 heteroatoms. The van der Waals surface area contributed by atoms with Crippen LogP contribution in [0.4, 0.5) is 17.6 Å². The van der Waals surface area contributed by atoms with E-state index in [2.05, 4.69) is 37.5 Å². The number of phenols is 1. The Morgan fingerprint density at radius 1 is 0.463 bits per heavy atom. The van der Waals surface area contributed by atoms with Gasteiger partial charge in [0.1, 0.15) is 64.6 Å². The van der Waals surface area contributed by atoms with Crippen molar-refractivity contribution in [1.82, 2.24) is 28.7 Å². The number of hydrogen-bond donors (Lipinski definition) is 2. The number of aromatic nitrogens is 6. The van der Waals surface area contributed by atoms with Gasteiger partial charge < -0.3 is 33.4 Å². The number of rotatable bonds is 13. The first-order chi connectivity index (χ1) is 45.3. The predicted octanol–water partition coefficient (Wildman–Crippen LogP) is 15.3. The summed E-state index contributed by atoms with van der Waals surface area (Å²) in [7, 11) is 0. The number of carbonyl (C=O) groups excluding carboxylic acids is 2. The van der Waals surface area contributed by atoms with Crippen LogP contribution in [0.15, 0.2) is 179 Å². The molecule has 9 aromatic carbocycles. The third-order valence-corrected chi connectivity index (χ3v) is 16.0. The Labute approximate surface area is 555 Å². The van der Waals surface area contributed by atoms with E-state index in [0.717, 1.165) is 38.4 Å². The van der Waals surface area contributed by atoms with Gasteiger partial charge in [0.15, 0.2) is 0 Å². The van der Waals surface area contributed by atoms with E-state index < -0.39 is 17.1 Å². The molecule has 0 atom stereocenters. The molecule has 0 radical (unpaired) electrons. The number of fused-ring (bicyclic) bond motifs is 3. The number of ether oxygens (including phenoxy) is 2. The Balaban J connectivity index is 0.000000157.